The average molecular weight is 481 g/mol. The second-order valence-electron chi connectivity index (χ2n) is 7.45. The van der Waals surface area contributed by atoms with Crippen LogP contribution in [0.15, 0.2) is 52.7 Å². The van der Waals surface area contributed by atoms with E-state index in [-0.39, 0.29) is 9.92 Å². The van der Waals surface area contributed by atoms with Gasteiger partial charge in [-0.3, -0.25) is 0 Å². The Morgan fingerprint density at radius 2 is 1.90 bits per heavy atom. The lowest BCUT2D eigenvalue weighted by atomic mass is 10.1. The largest absolute Gasteiger partial charge is 0.497 e. The Morgan fingerprint density at radius 3 is 2.55 bits per heavy atom. The molecule has 0 aliphatic carbocycles. The van der Waals surface area contributed by atoms with Crippen molar-refractivity contribution in [1.82, 2.24) is 4.98 Å². The van der Waals surface area contributed by atoms with Crippen LogP contribution < -0.4 is 9.64 Å². The molecule has 5 nitrogen and oxygen atoms in total. The van der Waals surface area contributed by atoms with E-state index in [1.54, 1.807) is 18.4 Å². The summed E-state index contributed by atoms with van der Waals surface area (Å²) in [5.74, 6) is 0.202. The normalized spacial score (nSPS) is 15.3. The van der Waals surface area contributed by atoms with E-state index >= 15 is 0 Å². The summed E-state index contributed by atoms with van der Waals surface area (Å²) in [6.07, 6.45) is 1.71. The Kier molecular flexibility index (Phi) is 6.50. The van der Waals surface area contributed by atoms with Gasteiger partial charge in [0.25, 0.3) is 0 Å². The van der Waals surface area contributed by atoms with Crippen molar-refractivity contribution in [3.05, 3.63) is 69.9 Å². The third-order valence-corrected chi connectivity index (χ3v) is 8.95. The molecular formula is C22H22ClFN2O3S2. The molecule has 0 atom stereocenters. The predicted octanol–water partition coefficient (Wildman–Crippen LogP) is 4.98. The summed E-state index contributed by atoms with van der Waals surface area (Å²) in [7, 11) is -1.91. The van der Waals surface area contributed by atoms with E-state index < -0.39 is 20.9 Å². The van der Waals surface area contributed by atoms with E-state index in [1.807, 2.05) is 29.6 Å². The predicted molar refractivity (Wildman–Crippen MR) is 122 cm³/mol. The first-order valence-corrected chi connectivity index (χ1v) is 12.7. The van der Waals surface area contributed by atoms with Gasteiger partial charge in [-0.1, -0.05) is 23.7 Å². The fourth-order valence-electron chi connectivity index (χ4n) is 3.68. The summed E-state index contributed by atoms with van der Waals surface area (Å²) in [6.45, 7) is 1.21. The first-order chi connectivity index (χ1) is 14.9. The van der Waals surface area contributed by atoms with Crippen LogP contribution in [0.5, 0.6) is 5.75 Å². The molecule has 1 aromatic heterocycles. The highest BCUT2D eigenvalue weighted by molar-refractivity contribution is 7.92. The lowest BCUT2D eigenvalue weighted by molar-refractivity contribution is 0.414. The zero-order valence-electron chi connectivity index (χ0n) is 16.9. The van der Waals surface area contributed by atoms with Crippen LogP contribution in [-0.2, 0) is 16.3 Å². The lowest BCUT2D eigenvalue weighted by Crippen LogP contribution is -2.39. The molecule has 0 saturated carbocycles. The van der Waals surface area contributed by atoms with Gasteiger partial charge in [-0.15, -0.1) is 11.3 Å². The molecule has 2 aromatic carbocycles. The maximum Gasteiger partial charge on any atom is 0.185 e. The highest BCUT2D eigenvalue weighted by atomic mass is 35.5. The van der Waals surface area contributed by atoms with E-state index in [9.17, 15) is 12.8 Å². The van der Waals surface area contributed by atoms with Gasteiger partial charge in [-0.05, 0) is 48.7 Å². The SMILES string of the molecule is COc1ccc(Cc2csc(N3CCC(S(=O)(=O)c4ccc(F)c(Cl)c4)CC3)n2)cc1. The van der Waals surface area contributed by atoms with Crippen molar-refractivity contribution in [2.24, 2.45) is 0 Å². The molecule has 2 heterocycles. The van der Waals surface area contributed by atoms with Crippen molar-refractivity contribution in [1.29, 1.82) is 0 Å². The molecule has 164 valence electrons. The monoisotopic (exact) mass is 480 g/mol. The minimum absolute atomic E-state index is 0.0772. The Bertz CT molecular complexity index is 1160. The second kappa shape index (κ2) is 9.14. The van der Waals surface area contributed by atoms with E-state index in [0.717, 1.165) is 34.6 Å². The summed E-state index contributed by atoms with van der Waals surface area (Å²) >= 11 is 7.35. The number of sulfone groups is 1. The van der Waals surface area contributed by atoms with Crippen molar-refractivity contribution in [2.75, 3.05) is 25.1 Å². The molecule has 31 heavy (non-hydrogen) atoms. The number of piperidine rings is 1. The molecule has 0 unspecified atom stereocenters. The van der Waals surface area contributed by atoms with Gasteiger partial charge in [0, 0.05) is 24.9 Å². The Balaban J connectivity index is 1.39. The fourth-order valence-corrected chi connectivity index (χ4v) is 6.56. The van der Waals surface area contributed by atoms with Gasteiger partial charge in [0.2, 0.25) is 0 Å². The summed E-state index contributed by atoms with van der Waals surface area (Å²) in [5, 5.41) is 2.27. The molecule has 4 rings (SSSR count). The number of aromatic nitrogens is 1. The minimum atomic E-state index is -3.55. The van der Waals surface area contributed by atoms with Crippen LogP contribution in [0.2, 0.25) is 5.02 Å². The smallest absolute Gasteiger partial charge is 0.185 e. The van der Waals surface area contributed by atoms with Crippen LogP contribution in [0.25, 0.3) is 0 Å². The van der Waals surface area contributed by atoms with Crippen LogP contribution >= 0.6 is 22.9 Å². The number of hydrogen-bond donors (Lipinski definition) is 0. The Morgan fingerprint density at radius 1 is 1.19 bits per heavy atom. The van der Waals surface area contributed by atoms with Gasteiger partial charge in [0.1, 0.15) is 11.6 Å². The Labute approximate surface area is 190 Å². The average Bonchev–Trinajstić information content (AvgIpc) is 3.24. The van der Waals surface area contributed by atoms with Crippen LogP contribution in [0.3, 0.4) is 0 Å². The minimum Gasteiger partial charge on any atom is -0.497 e. The number of ether oxygens (including phenoxy) is 1. The zero-order chi connectivity index (χ0) is 22.0. The zero-order valence-corrected chi connectivity index (χ0v) is 19.3. The van der Waals surface area contributed by atoms with E-state index in [1.165, 1.54) is 12.1 Å². The third kappa shape index (κ3) is 4.86. The maximum atomic E-state index is 13.4. The number of anilines is 1. The topological polar surface area (TPSA) is 59.5 Å². The number of hydrogen-bond acceptors (Lipinski definition) is 6. The van der Waals surface area contributed by atoms with E-state index in [2.05, 4.69) is 4.90 Å². The summed E-state index contributed by atoms with van der Waals surface area (Å²) in [5.41, 5.74) is 2.14. The molecule has 1 aliphatic heterocycles. The highest BCUT2D eigenvalue weighted by Gasteiger charge is 2.32. The van der Waals surface area contributed by atoms with Gasteiger partial charge in [-0.25, -0.2) is 17.8 Å². The Hall–Kier alpha value is -2.16. The van der Waals surface area contributed by atoms with Crippen LogP contribution in [0.1, 0.15) is 24.1 Å². The molecule has 1 saturated heterocycles. The molecule has 0 N–H and O–H groups in total. The van der Waals surface area contributed by atoms with Crippen LogP contribution in [0, 0.1) is 5.82 Å². The number of thiazole rings is 1. The lowest BCUT2D eigenvalue weighted by Gasteiger charge is -2.31. The molecule has 0 radical (unpaired) electrons. The highest BCUT2D eigenvalue weighted by Crippen LogP contribution is 2.31. The van der Waals surface area contributed by atoms with Crippen molar-refractivity contribution in [3.63, 3.8) is 0 Å². The number of rotatable bonds is 6. The number of nitrogens with zero attached hydrogens (tertiary/aromatic N) is 2. The van der Waals surface area contributed by atoms with Gasteiger partial charge >= 0.3 is 0 Å². The molecule has 1 fully saturated rings. The first kappa shape index (κ1) is 22.0. The van der Waals surface area contributed by atoms with Crippen molar-refractivity contribution < 1.29 is 17.5 Å². The van der Waals surface area contributed by atoms with Crippen molar-refractivity contribution >= 4 is 37.9 Å². The van der Waals surface area contributed by atoms with Gasteiger partial charge in [0.15, 0.2) is 15.0 Å². The second-order valence-corrected chi connectivity index (χ2v) is 10.9. The maximum absolute atomic E-state index is 13.4. The summed E-state index contributed by atoms with van der Waals surface area (Å²) in [4.78, 5) is 6.95. The molecule has 1 aliphatic rings. The molecule has 0 spiro atoms. The summed E-state index contributed by atoms with van der Waals surface area (Å²) < 4.78 is 44.4. The van der Waals surface area contributed by atoms with Crippen molar-refractivity contribution in [3.8, 4) is 5.75 Å². The first-order valence-electron chi connectivity index (χ1n) is 9.88. The van der Waals surface area contributed by atoms with Gasteiger partial charge < -0.3 is 9.64 Å². The molecule has 9 heteroatoms. The quantitative estimate of drug-likeness (QED) is 0.466. The summed E-state index contributed by atoms with van der Waals surface area (Å²) in [6, 6.07) is 11.5. The van der Waals surface area contributed by atoms with Gasteiger partial charge in [0.05, 0.1) is 28.0 Å². The van der Waals surface area contributed by atoms with E-state index in [0.29, 0.717) is 25.9 Å². The van der Waals surface area contributed by atoms with Gasteiger partial charge in [-0.2, -0.15) is 0 Å². The number of halogens is 2. The molecular weight excluding hydrogens is 459 g/mol. The molecule has 3 aromatic rings. The number of benzene rings is 2. The number of methoxy groups -OCH3 is 1. The third-order valence-electron chi connectivity index (χ3n) is 5.45. The molecule has 0 bridgehead atoms. The fraction of sp³-hybridized carbons (Fsp3) is 0.318. The molecule has 0 amide bonds. The van der Waals surface area contributed by atoms with Crippen LogP contribution in [-0.4, -0.2) is 38.9 Å². The van der Waals surface area contributed by atoms with Crippen molar-refractivity contribution in [2.45, 2.75) is 29.4 Å². The van der Waals surface area contributed by atoms with Crippen LogP contribution in [0.4, 0.5) is 9.52 Å². The van der Waals surface area contributed by atoms with E-state index in [4.69, 9.17) is 21.3 Å². The standard InChI is InChI=1S/C22H22ClFN2O3S2/c1-29-17-4-2-15(3-5-17)12-16-14-30-22(25-16)26-10-8-18(9-11-26)31(27,28)19-6-7-21(24)20(23)13-19/h2-7,13-14,18H,8-12H2,1H3.